The van der Waals surface area contributed by atoms with Crippen LogP contribution in [0, 0.1) is 0 Å². The number of aliphatic hydroxyl groups is 3. The van der Waals surface area contributed by atoms with Crippen LogP contribution in [-0.4, -0.2) is 310 Å². The average molecular weight is 2790 g/mol. The second-order valence-corrected chi connectivity index (χ2v) is 107. The molecule has 0 aromatic carbocycles. The fraction of sp³-hybridized carbons (Fsp3) is 0.915. The molecular weight excluding hydrogens is 2620 g/mol. The van der Waals surface area contributed by atoms with Gasteiger partial charge in [-0.25, -0.2) is 0 Å². The Bertz CT molecular complexity index is 2360. The van der Waals surface area contributed by atoms with Crippen molar-refractivity contribution < 1.29 is 152 Å². The first-order valence-electron chi connectivity index (χ1n) is 40.4. The quantitative estimate of drug-likeness (QED) is 0.0221. The van der Waals surface area contributed by atoms with Crippen molar-refractivity contribution in [2.45, 2.75) is 279 Å². The monoisotopic (exact) mass is 2790 g/mol. The summed E-state index contributed by atoms with van der Waals surface area (Å²) in [5, 5.41) is 27.8. The van der Waals surface area contributed by atoms with Gasteiger partial charge in [0.25, 0.3) is 9.28 Å². The smallest absolute Gasteiger partial charge is 0 e. The number of aliphatic hydroxyl groups excluding tert-OH is 3. The standard InChI is InChI=1S/C43H108O17Si10.C11H20O3.C9H28O3Si4.C8H16O3.I3.I2.HI.Pt/c1-41(44)38-49-27-24-46-31-35-69(22,57-65(16,17)53-61(4,5)6)59-67(20,55-63(10,11)12)34-30-48-26-29-51-40-43(3)52-33-37-68(21,56-64(13,14)15)60-70(23,58-66(18,19)54-62(7,8)9)36-32-47-25-28-50-39-42(2)45;1-4-6-12-8-9-13-10-11(3)14-7-5-2;1-13(10-14(2,3)4)11-16(8,9)12-15(5,6)7;1-3-4-10-5-6-11-7-8(2)9;1-3-2;1-2;;/h41-45H,24-40H2,1-23H3;4-5,11H,1-2,6-10H2,3H3;13H,1-9H3;3,8-9H,1,4-7H2,2H3;;;1H;/q;;;;-1;;;. The van der Waals surface area contributed by atoms with E-state index in [0.717, 1.165) is 0 Å². The van der Waals surface area contributed by atoms with Crippen molar-refractivity contribution in [2.75, 3.05) is 145 Å². The molecule has 0 amide bonds. The molecule has 0 aromatic heterocycles. The molecule has 0 heterocycles. The van der Waals surface area contributed by atoms with Crippen LogP contribution < -0.4 is 13.3 Å². The van der Waals surface area contributed by atoms with Crippen molar-refractivity contribution in [1.29, 1.82) is 0 Å². The van der Waals surface area contributed by atoms with E-state index in [1.165, 1.54) is 0 Å². The Morgan fingerprint density at radius 3 is 0.805 bits per heavy atom. The Morgan fingerprint density at radius 1 is 0.305 bits per heavy atom. The van der Waals surface area contributed by atoms with Crippen molar-refractivity contribution in [2.24, 2.45) is 0 Å². The third-order valence-corrected chi connectivity index (χ3v) is 61.2. The molecule has 0 aromatic rings. The Hall–Kier alpha value is 6.28. The van der Waals surface area contributed by atoms with E-state index in [2.05, 4.69) is 284 Å². The Labute approximate surface area is 821 Å². The van der Waals surface area contributed by atoms with Crippen LogP contribution in [0.4, 0.5) is 0 Å². The predicted molar refractivity (Wildman–Crippen MR) is 559 cm³/mol. The molecule has 0 fully saturated rings. The van der Waals surface area contributed by atoms with Crippen LogP contribution in [0.15, 0.2) is 38.0 Å². The normalized spacial score (nSPS) is 16.1. The topological polar surface area (TPSA) is 273 Å². The summed E-state index contributed by atoms with van der Waals surface area (Å²) in [7, 11) is -30.9. The molecule has 10 atom stereocenters. The van der Waals surface area contributed by atoms with Gasteiger partial charge in [-0.05, 0) is 224 Å². The number of rotatable bonds is 67. The number of ether oxygens (including phenoxy) is 12. The molecule has 0 radical (unpaired) electrons. The largest absolute Gasteiger partial charge is 0 e. The van der Waals surface area contributed by atoms with Gasteiger partial charge in [-0.2, -0.15) is 0 Å². The maximum Gasteiger partial charge on any atom is 0 e. The van der Waals surface area contributed by atoms with E-state index in [4.69, 9.17) is 107 Å². The van der Waals surface area contributed by atoms with Crippen LogP contribution in [0.3, 0.4) is 0 Å². The van der Waals surface area contributed by atoms with Crippen LogP contribution in [0.2, 0.25) is 214 Å². The molecule has 0 rings (SSSR count). The zero-order valence-electron chi connectivity index (χ0n) is 79.5. The first-order valence-corrected chi connectivity index (χ1v) is 100. The van der Waals surface area contributed by atoms with E-state index >= 15 is 0 Å². The molecule has 0 aliphatic carbocycles. The van der Waals surface area contributed by atoms with E-state index in [-0.39, 0.29) is 70.5 Å². The molecule has 0 spiro atoms. The third kappa shape index (κ3) is 106. The molecule has 722 valence electrons. The van der Waals surface area contributed by atoms with Gasteiger partial charge in [-0.1, -0.05) is 18.2 Å². The summed E-state index contributed by atoms with van der Waals surface area (Å²) in [6, 6.07) is 2.51. The average Bonchev–Trinajstić information content (AvgIpc) is 0.806. The molecule has 26 nitrogen and oxygen atoms in total. The van der Waals surface area contributed by atoms with Gasteiger partial charge in [0, 0.05) is 109 Å². The van der Waals surface area contributed by atoms with E-state index in [9.17, 15) is 10.2 Å². The van der Waals surface area contributed by atoms with Gasteiger partial charge in [0.2, 0.25) is 0 Å². The van der Waals surface area contributed by atoms with Gasteiger partial charge in [-0.15, -0.1) is 43.7 Å². The minimum absolute atomic E-state index is 0. The zero-order valence-corrected chi connectivity index (χ0v) is 109. The van der Waals surface area contributed by atoms with Gasteiger partial charge >= 0.3 is 110 Å². The molecular formula is C71H173I6O26PtSi14-. The van der Waals surface area contributed by atoms with Gasteiger partial charge in [0.1, 0.15) is 0 Å². The zero-order chi connectivity index (χ0) is 91.4. The van der Waals surface area contributed by atoms with Crippen LogP contribution in [-0.2, 0) is 123 Å². The van der Waals surface area contributed by atoms with Gasteiger partial charge < -0.3 is 117 Å². The fourth-order valence-electron chi connectivity index (χ4n) is 11.0. The first-order chi connectivity index (χ1) is 52.9. The Kier molecular flexibility index (Phi) is 90.5. The second-order valence-electron chi connectivity index (χ2n) is 35.8. The SMILES string of the molecule is C=CCOCCOCC(C)O.C=CCOCCOCC(C)OCC=C.CC(O)COCCOCC[Si](C)(O[Si](C)(C)O[Si](C)(C)C)O[Si](C)(CCOCCOCC(C)OCC[Si](C)(O[Si](C)(C)C)O[Si](C)(CCOCCOCC(C)O)O[Si](C)(C)O[Si](C)(C)C)O[Si](C)(C)C.C[SiH](O[Si](C)(C)C)O[Si](C)(C)O[Si](C)(C)C.I.II.I[I-]I.[Pt]. The predicted octanol–water partition coefficient (Wildman–Crippen LogP) is 16.2. The number of halogens is 6. The van der Waals surface area contributed by atoms with Gasteiger partial charge in [-0.3, -0.25) is 0 Å². The van der Waals surface area contributed by atoms with E-state index in [1.54, 1.807) is 39.0 Å². The molecule has 47 heteroatoms. The molecule has 0 aliphatic rings. The summed E-state index contributed by atoms with van der Waals surface area (Å²) >= 11 is 9.54. The van der Waals surface area contributed by atoms with E-state index in [1.807, 2.05) is 13.8 Å². The molecule has 10 unspecified atom stereocenters. The molecule has 0 bridgehead atoms. The molecule has 0 saturated heterocycles. The maximum atomic E-state index is 9.52. The summed E-state index contributed by atoms with van der Waals surface area (Å²) in [5.41, 5.74) is 0. The van der Waals surface area contributed by atoms with Crippen molar-refractivity contribution in [1.82, 2.24) is 0 Å². The van der Waals surface area contributed by atoms with Gasteiger partial charge in [0.15, 0.2) is 49.9 Å². The van der Waals surface area contributed by atoms with Crippen molar-refractivity contribution >= 4 is 218 Å². The van der Waals surface area contributed by atoms with Crippen LogP contribution in [0.1, 0.15) is 34.6 Å². The van der Waals surface area contributed by atoms with Crippen molar-refractivity contribution in [3.8, 4) is 0 Å². The Morgan fingerprint density at radius 2 is 0.542 bits per heavy atom. The maximum absolute atomic E-state index is 9.52. The minimum Gasteiger partial charge on any atom is 0 e. The number of hydrogen-bond donors (Lipinski definition) is 3. The summed E-state index contributed by atoms with van der Waals surface area (Å²) in [5.74, 6) is 0. The van der Waals surface area contributed by atoms with E-state index in [0.29, 0.717) is 170 Å². The third-order valence-electron chi connectivity index (χ3n) is 13.1. The van der Waals surface area contributed by atoms with E-state index < -0.39 is 137 Å². The van der Waals surface area contributed by atoms with Crippen molar-refractivity contribution in [3.63, 3.8) is 0 Å². The summed E-state index contributed by atoms with van der Waals surface area (Å²) in [6.45, 7) is 92.7. The minimum atomic E-state index is -2.90. The van der Waals surface area contributed by atoms with Crippen molar-refractivity contribution in [3.05, 3.63) is 38.0 Å². The van der Waals surface area contributed by atoms with Gasteiger partial charge in [0.05, 0.1) is 149 Å². The summed E-state index contributed by atoms with van der Waals surface area (Å²) < 4.78 is 141. The van der Waals surface area contributed by atoms with Crippen LogP contribution in [0.25, 0.3) is 0 Å². The molecule has 118 heavy (non-hydrogen) atoms. The second kappa shape index (κ2) is 76.5. The fourth-order valence-corrected chi connectivity index (χ4v) is 71.6. The number of hydrogen-bond acceptors (Lipinski definition) is 26. The molecule has 0 saturated carbocycles. The summed E-state index contributed by atoms with van der Waals surface area (Å²) in [6.07, 6.45) is 3.67. The first kappa shape index (κ1) is 140. The summed E-state index contributed by atoms with van der Waals surface area (Å²) in [4.78, 5) is 0. The van der Waals surface area contributed by atoms with Crippen LogP contribution in [0.5, 0.6) is 0 Å². The van der Waals surface area contributed by atoms with Crippen LogP contribution >= 0.6 is 98.4 Å². The molecule has 3 N–H and O–H groups in total. The molecule has 0 aliphatic heterocycles. The Balaban J connectivity index is -0.000000335.